The van der Waals surface area contributed by atoms with Crippen LogP contribution in [0.25, 0.3) is 0 Å². The van der Waals surface area contributed by atoms with Crippen molar-refractivity contribution in [1.29, 1.82) is 0 Å². The van der Waals surface area contributed by atoms with E-state index in [1.54, 1.807) is 0 Å². The summed E-state index contributed by atoms with van der Waals surface area (Å²) in [5.41, 5.74) is 6.14. The third-order valence-electron chi connectivity index (χ3n) is 3.41. The van der Waals surface area contributed by atoms with Crippen LogP contribution in [0, 0.1) is 11.6 Å². The lowest BCUT2D eigenvalue weighted by Gasteiger charge is -2.08. The Bertz CT molecular complexity index is 938. The van der Waals surface area contributed by atoms with Gasteiger partial charge >= 0.3 is 0 Å². The predicted molar refractivity (Wildman–Crippen MR) is 105 cm³/mol. The highest BCUT2D eigenvalue weighted by Gasteiger charge is 2.21. The smallest absolute Gasteiger partial charge is 0.168 e. The second-order valence-corrected chi connectivity index (χ2v) is 5.43. The molecule has 2 aromatic carbocycles. The van der Waals surface area contributed by atoms with Crippen LogP contribution in [-0.4, -0.2) is 24.3 Å². The van der Waals surface area contributed by atoms with Gasteiger partial charge in [0.2, 0.25) is 0 Å². The van der Waals surface area contributed by atoms with Crippen molar-refractivity contribution in [3.05, 3.63) is 70.4 Å². The molecule has 3 rings (SSSR count). The Kier molecular flexibility index (Phi) is 7.04. The summed E-state index contributed by atoms with van der Waals surface area (Å²) < 4.78 is 28.3. The molecule has 0 saturated carbocycles. The first kappa shape index (κ1) is 20.5. The van der Waals surface area contributed by atoms with Gasteiger partial charge in [-0.25, -0.2) is 18.8 Å². The second kappa shape index (κ2) is 9.25. The topological polar surface area (TPSA) is 79.8 Å². The van der Waals surface area contributed by atoms with E-state index in [9.17, 15) is 13.6 Å². The highest BCUT2D eigenvalue weighted by atomic mass is 35.5. The summed E-state index contributed by atoms with van der Waals surface area (Å²) in [6.07, 6.45) is 3.21. The van der Waals surface area contributed by atoms with E-state index in [1.807, 2.05) is 0 Å². The number of nitrogens with one attached hydrogen (secondary N) is 1. The Morgan fingerprint density at radius 1 is 1.15 bits per heavy atom. The van der Waals surface area contributed by atoms with Gasteiger partial charge in [-0.1, -0.05) is 17.7 Å². The minimum absolute atomic E-state index is 0.0220. The van der Waals surface area contributed by atoms with Crippen LogP contribution in [0.5, 0.6) is 0 Å². The number of fused-ring (bicyclic) bond motifs is 1. The van der Waals surface area contributed by atoms with Crippen molar-refractivity contribution < 1.29 is 13.6 Å². The fourth-order valence-corrected chi connectivity index (χ4v) is 2.33. The van der Waals surface area contributed by atoms with Gasteiger partial charge in [0, 0.05) is 18.1 Å². The largest absolute Gasteiger partial charge is 0.403 e. The van der Waals surface area contributed by atoms with Gasteiger partial charge in [-0.3, -0.25) is 4.79 Å². The summed E-state index contributed by atoms with van der Waals surface area (Å²) in [6, 6.07) is 8.02. The van der Waals surface area contributed by atoms with Crippen LogP contribution in [0.4, 0.5) is 20.2 Å². The molecule has 0 spiro atoms. The first-order valence-corrected chi connectivity index (χ1v) is 8.60. The van der Waals surface area contributed by atoms with Crippen LogP contribution in [0.2, 0.25) is 0 Å². The lowest BCUT2D eigenvalue weighted by atomic mass is 10.1. The SMILES string of the molecule is CCl.N/C=C(/Cl)C1=NC(c2c(F)cccc2F)=Nc2ccc(C=O)cc2N1. The van der Waals surface area contributed by atoms with Gasteiger partial charge < -0.3 is 11.1 Å². The first-order valence-electron chi connectivity index (χ1n) is 7.47. The molecule has 5 nitrogen and oxygen atoms in total. The van der Waals surface area contributed by atoms with E-state index in [2.05, 4.69) is 26.9 Å². The fourth-order valence-electron chi connectivity index (χ4n) is 2.24. The molecule has 2 aromatic rings. The Labute approximate surface area is 164 Å². The Hall–Kier alpha value is -2.77. The molecule has 1 aliphatic rings. The van der Waals surface area contributed by atoms with Crippen molar-refractivity contribution >= 4 is 52.5 Å². The molecule has 9 heteroatoms. The minimum atomic E-state index is -0.817. The fraction of sp³-hybridized carbons (Fsp3) is 0.0556. The van der Waals surface area contributed by atoms with E-state index < -0.39 is 17.2 Å². The van der Waals surface area contributed by atoms with Gasteiger partial charge in [-0.15, -0.1) is 11.6 Å². The summed E-state index contributed by atoms with van der Waals surface area (Å²) >= 11 is 10.7. The van der Waals surface area contributed by atoms with E-state index in [-0.39, 0.29) is 16.7 Å². The number of nitrogens with two attached hydrogens (primary N) is 1. The van der Waals surface area contributed by atoms with Gasteiger partial charge in [0.05, 0.1) is 22.0 Å². The zero-order valence-electron chi connectivity index (χ0n) is 14.0. The Morgan fingerprint density at radius 2 is 1.81 bits per heavy atom. The van der Waals surface area contributed by atoms with Crippen LogP contribution in [0.15, 0.2) is 57.6 Å². The lowest BCUT2D eigenvalue weighted by molar-refractivity contribution is 0.112. The van der Waals surface area contributed by atoms with Gasteiger partial charge in [0.15, 0.2) is 11.7 Å². The van der Waals surface area contributed by atoms with Crippen molar-refractivity contribution in [2.75, 3.05) is 11.7 Å². The number of benzene rings is 2. The van der Waals surface area contributed by atoms with Crippen molar-refractivity contribution in [3.63, 3.8) is 0 Å². The van der Waals surface area contributed by atoms with Crippen molar-refractivity contribution in [3.8, 4) is 0 Å². The molecule has 0 unspecified atom stereocenters. The number of amidine groups is 2. The number of aldehydes is 1. The van der Waals surface area contributed by atoms with E-state index >= 15 is 0 Å². The van der Waals surface area contributed by atoms with E-state index in [0.29, 0.717) is 23.2 Å². The number of hydrogen-bond acceptors (Lipinski definition) is 5. The second-order valence-electron chi connectivity index (χ2n) is 5.03. The molecule has 3 N–H and O–H groups in total. The Morgan fingerprint density at radius 3 is 2.41 bits per heavy atom. The average molecular weight is 411 g/mol. The first-order chi connectivity index (χ1) is 13.0. The summed E-state index contributed by atoms with van der Waals surface area (Å²) in [4.78, 5) is 19.3. The number of alkyl halides is 1. The van der Waals surface area contributed by atoms with Crippen molar-refractivity contribution in [2.45, 2.75) is 0 Å². The number of carbonyl (C=O) groups is 1. The number of nitrogens with zero attached hydrogens (tertiary/aromatic N) is 2. The van der Waals surface area contributed by atoms with Gasteiger partial charge in [-0.05, 0) is 30.3 Å². The van der Waals surface area contributed by atoms with E-state index in [0.717, 1.165) is 18.3 Å². The molecule has 0 aliphatic carbocycles. The molecule has 1 aliphatic heterocycles. The number of aliphatic imine (C=N–C) groups is 2. The molecule has 0 atom stereocenters. The van der Waals surface area contributed by atoms with Gasteiger partial charge in [0.25, 0.3) is 0 Å². The average Bonchev–Trinajstić information content (AvgIpc) is 2.87. The maximum absolute atomic E-state index is 14.1. The molecule has 0 amide bonds. The number of halogens is 4. The highest BCUT2D eigenvalue weighted by molar-refractivity contribution is 6.46. The molecule has 27 heavy (non-hydrogen) atoms. The minimum Gasteiger partial charge on any atom is -0.403 e. The van der Waals surface area contributed by atoms with Crippen LogP contribution in [-0.2, 0) is 0 Å². The number of hydrogen-bond donors (Lipinski definition) is 2. The lowest BCUT2D eigenvalue weighted by Crippen LogP contribution is -2.15. The summed E-state index contributed by atoms with van der Waals surface area (Å²) in [5.74, 6) is -1.80. The van der Waals surface area contributed by atoms with Crippen molar-refractivity contribution in [1.82, 2.24) is 0 Å². The quantitative estimate of drug-likeness (QED) is 0.574. The maximum Gasteiger partial charge on any atom is 0.168 e. The molecule has 0 aromatic heterocycles. The van der Waals surface area contributed by atoms with Crippen LogP contribution in [0.1, 0.15) is 15.9 Å². The standard InChI is InChI=1S/C17H11ClF2N4O.CH3Cl/c18-10(7-21)16-23-14-6-9(8-25)4-5-13(14)22-17(24-16)15-11(19)2-1-3-12(15)20;1-2/h1-8H,21H2,(H,22,23,24);1H3/b10-7+;. The molecule has 0 fully saturated rings. The molecule has 1 heterocycles. The number of rotatable bonds is 3. The highest BCUT2D eigenvalue weighted by Crippen LogP contribution is 2.31. The summed E-state index contributed by atoms with van der Waals surface area (Å²) in [6.45, 7) is 0. The zero-order valence-corrected chi connectivity index (χ0v) is 15.5. The van der Waals surface area contributed by atoms with Crippen LogP contribution in [0.3, 0.4) is 0 Å². The molecule has 0 bridgehead atoms. The number of anilines is 1. The Balaban J connectivity index is 0.00000126. The zero-order chi connectivity index (χ0) is 20.0. The normalized spacial score (nSPS) is 13.1. The van der Waals surface area contributed by atoms with Crippen LogP contribution < -0.4 is 11.1 Å². The summed E-state index contributed by atoms with van der Waals surface area (Å²) in [7, 11) is 0. The maximum atomic E-state index is 14.1. The molecular weight excluding hydrogens is 397 g/mol. The molecular formula is C18H14Cl2F2N4O. The predicted octanol–water partition coefficient (Wildman–Crippen LogP) is 4.57. The number of carbonyl (C=O) groups excluding carboxylic acids is 1. The molecule has 0 saturated heterocycles. The monoisotopic (exact) mass is 410 g/mol. The van der Waals surface area contributed by atoms with Gasteiger partial charge in [0.1, 0.15) is 17.9 Å². The van der Waals surface area contributed by atoms with Gasteiger partial charge in [-0.2, -0.15) is 0 Å². The van der Waals surface area contributed by atoms with E-state index in [1.165, 1.54) is 30.6 Å². The summed E-state index contributed by atoms with van der Waals surface area (Å²) in [5, 5.41) is 2.90. The molecule has 140 valence electrons. The van der Waals surface area contributed by atoms with Crippen molar-refractivity contribution in [2.24, 2.45) is 15.7 Å². The van der Waals surface area contributed by atoms with E-state index in [4.69, 9.17) is 17.3 Å². The molecule has 0 radical (unpaired) electrons. The third kappa shape index (κ3) is 4.50. The van der Waals surface area contributed by atoms with Crippen LogP contribution >= 0.6 is 23.2 Å². The third-order valence-corrected chi connectivity index (χ3v) is 3.72.